The summed E-state index contributed by atoms with van der Waals surface area (Å²) in [7, 11) is 0. The summed E-state index contributed by atoms with van der Waals surface area (Å²) in [5.41, 5.74) is 7.69. The topological polar surface area (TPSA) is 49.9 Å². The molecule has 5 nitrogen and oxygen atoms in total. The van der Waals surface area contributed by atoms with Crippen molar-refractivity contribution >= 4 is 34.0 Å². The number of hydrogen-bond acceptors (Lipinski definition) is 4. The van der Waals surface area contributed by atoms with Gasteiger partial charge in [-0.05, 0) is 72.2 Å². The van der Waals surface area contributed by atoms with Crippen LogP contribution in [0.15, 0.2) is 72.8 Å². The summed E-state index contributed by atoms with van der Waals surface area (Å²) in [6.07, 6.45) is 3.41. The molecule has 4 bridgehead atoms. The number of carbonyl (C=O) groups is 2. The first-order chi connectivity index (χ1) is 18.2. The molecule has 4 aromatic rings. The van der Waals surface area contributed by atoms with Crippen LogP contribution in [-0.2, 0) is 30.4 Å². The number of anilines is 2. The van der Waals surface area contributed by atoms with Gasteiger partial charge < -0.3 is 9.64 Å². The maximum Gasteiger partial charge on any atom is 0.265 e. The van der Waals surface area contributed by atoms with Crippen molar-refractivity contribution in [3.8, 4) is 0 Å². The average molecular weight is 489 g/mol. The summed E-state index contributed by atoms with van der Waals surface area (Å²) in [4.78, 5) is 31.8. The van der Waals surface area contributed by atoms with Gasteiger partial charge in [0.15, 0.2) is 0 Å². The van der Waals surface area contributed by atoms with Crippen LogP contribution in [0.25, 0.3) is 10.8 Å². The highest BCUT2D eigenvalue weighted by Gasteiger charge is 2.36. The van der Waals surface area contributed by atoms with Crippen molar-refractivity contribution in [2.45, 2.75) is 25.7 Å². The molecule has 2 aliphatic heterocycles. The van der Waals surface area contributed by atoms with Crippen LogP contribution in [0.2, 0.25) is 0 Å². The van der Waals surface area contributed by atoms with Gasteiger partial charge in [0, 0.05) is 40.7 Å². The molecule has 0 radical (unpaired) electrons. The maximum atomic E-state index is 14.0. The quantitative estimate of drug-likeness (QED) is 0.357. The molecule has 0 saturated carbocycles. The molecular formula is C32H28N2O3. The van der Waals surface area contributed by atoms with Gasteiger partial charge in [0.05, 0.1) is 18.9 Å². The van der Waals surface area contributed by atoms with E-state index in [0.29, 0.717) is 24.3 Å². The molecule has 4 aromatic carbocycles. The molecule has 5 heteroatoms. The van der Waals surface area contributed by atoms with Gasteiger partial charge in [-0.1, -0.05) is 48.5 Å². The van der Waals surface area contributed by atoms with Gasteiger partial charge in [0.25, 0.3) is 11.8 Å². The van der Waals surface area contributed by atoms with Gasteiger partial charge in [-0.25, -0.2) is 4.90 Å². The van der Waals surface area contributed by atoms with Crippen molar-refractivity contribution in [1.82, 2.24) is 0 Å². The van der Waals surface area contributed by atoms with Crippen LogP contribution in [0.4, 0.5) is 11.4 Å². The number of benzene rings is 4. The number of nitrogens with zero attached hydrogens (tertiary/aromatic N) is 2. The van der Waals surface area contributed by atoms with Gasteiger partial charge in [0.1, 0.15) is 0 Å². The summed E-state index contributed by atoms with van der Waals surface area (Å²) < 4.78 is 5.54. The summed E-state index contributed by atoms with van der Waals surface area (Å²) in [5.74, 6) is -0.480. The second-order valence-corrected chi connectivity index (χ2v) is 10.2. The molecule has 0 unspecified atom stereocenters. The van der Waals surface area contributed by atoms with Crippen molar-refractivity contribution in [2.75, 3.05) is 36.1 Å². The lowest BCUT2D eigenvalue weighted by Gasteiger charge is -2.33. The van der Waals surface area contributed by atoms with Crippen LogP contribution in [0.1, 0.15) is 43.0 Å². The molecule has 4 aliphatic carbocycles. The maximum absolute atomic E-state index is 14.0. The molecule has 37 heavy (non-hydrogen) atoms. The first-order valence-electron chi connectivity index (χ1n) is 13.1. The number of aryl methyl sites for hydroxylation is 4. The van der Waals surface area contributed by atoms with Crippen molar-refractivity contribution in [3.63, 3.8) is 0 Å². The Balaban J connectivity index is 1.33. The van der Waals surface area contributed by atoms with Crippen LogP contribution in [0, 0.1) is 0 Å². The number of hydrogen-bond donors (Lipinski definition) is 0. The molecule has 0 N–H and O–H groups in total. The molecule has 1 fully saturated rings. The fourth-order valence-electron chi connectivity index (χ4n) is 6.00. The number of rotatable bonds is 2. The lowest BCUT2D eigenvalue weighted by molar-refractivity contribution is 0.0893. The predicted octanol–water partition coefficient (Wildman–Crippen LogP) is 5.36. The molecule has 184 valence electrons. The molecular weight excluding hydrogens is 460 g/mol. The summed E-state index contributed by atoms with van der Waals surface area (Å²) >= 11 is 0. The van der Waals surface area contributed by atoms with E-state index in [1.807, 2.05) is 30.3 Å². The first kappa shape index (κ1) is 22.3. The van der Waals surface area contributed by atoms with E-state index in [0.717, 1.165) is 72.0 Å². The third-order valence-electron chi connectivity index (χ3n) is 8.04. The van der Waals surface area contributed by atoms with Crippen LogP contribution in [-0.4, -0.2) is 38.1 Å². The highest BCUT2D eigenvalue weighted by Crippen LogP contribution is 2.39. The van der Waals surface area contributed by atoms with Crippen LogP contribution < -0.4 is 9.80 Å². The van der Waals surface area contributed by atoms with Crippen LogP contribution in [0.3, 0.4) is 0 Å². The van der Waals surface area contributed by atoms with Gasteiger partial charge in [0.2, 0.25) is 0 Å². The zero-order chi connectivity index (χ0) is 24.9. The first-order valence-corrected chi connectivity index (χ1v) is 13.1. The van der Waals surface area contributed by atoms with E-state index < -0.39 is 0 Å². The van der Waals surface area contributed by atoms with Gasteiger partial charge >= 0.3 is 0 Å². The summed E-state index contributed by atoms with van der Waals surface area (Å²) in [6, 6.07) is 24.9. The minimum atomic E-state index is -0.240. The smallest absolute Gasteiger partial charge is 0.265 e. The fourth-order valence-corrected chi connectivity index (χ4v) is 6.00. The molecule has 0 aromatic heterocycles. The number of imide groups is 1. The molecule has 2 amide bonds. The number of amides is 2. The highest BCUT2D eigenvalue weighted by molar-refractivity contribution is 6.36. The Kier molecular flexibility index (Phi) is 5.33. The number of morpholine rings is 1. The van der Waals surface area contributed by atoms with Crippen molar-refractivity contribution in [3.05, 3.63) is 106 Å². The van der Waals surface area contributed by atoms with Crippen molar-refractivity contribution in [1.29, 1.82) is 0 Å². The van der Waals surface area contributed by atoms with E-state index in [9.17, 15) is 9.59 Å². The Morgan fingerprint density at radius 2 is 1.27 bits per heavy atom. The van der Waals surface area contributed by atoms with Crippen LogP contribution in [0.5, 0.6) is 0 Å². The number of carbonyl (C=O) groups excluding carboxylic acids is 2. The van der Waals surface area contributed by atoms with E-state index >= 15 is 0 Å². The molecule has 6 aliphatic rings. The van der Waals surface area contributed by atoms with E-state index in [-0.39, 0.29) is 11.8 Å². The van der Waals surface area contributed by atoms with Crippen LogP contribution >= 0.6 is 0 Å². The third-order valence-corrected chi connectivity index (χ3v) is 8.04. The van der Waals surface area contributed by atoms with Gasteiger partial charge in [-0.15, -0.1) is 0 Å². The summed E-state index contributed by atoms with van der Waals surface area (Å²) in [5, 5.41) is 1.72. The Hall–Kier alpha value is -3.96. The molecule has 1 saturated heterocycles. The van der Waals surface area contributed by atoms with Gasteiger partial charge in [-0.2, -0.15) is 0 Å². The zero-order valence-electron chi connectivity index (χ0n) is 20.7. The Bertz CT molecular complexity index is 1530. The van der Waals surface area contributed by atoms with Crippen molar-refractivity contribution in [2.24, 2.45) is 0 Å². The van der Waals surface area contributed by atoms with E-state index in [1.165, 1.54) is 16.0 Å². The monoisotopic (exact) mass is 488 g/mol. The van der Waals surface area contributed by atoms with E-state index in [4.69, 9.17) is 4.74 Å². The third kappa shape index (κ3) is 3.73. The molecule has 0 atom stereocenters. The lowest BCUT2D eigenvalue weighted by Crippen LogP contribution is -2.41. The Morgan fingerprint density at radius 1 is 0.622 bits per heavy atom. The van der Waals surface area contributed by atoms with E-state index in [2.05, 4.69) is 47.4 Å². The molecule has 0 spiro atoms. The SMILES string of the molecule is O=C1c2cccc3c(N4CCOCC4)ccc(c23)C(=O)N1c1cc2ccc1CCc1ccc(cc1)CC2. The van der Waals surface area contributed by atoms with E-state index in [1.54, 1.807) is 0 Å². The Morgan fingerprint density at radius 3 is 2.03 bits per heavy atom. The zero-order valence-corrected chi connectivity index (χ0v) is 20.7. The standard InChI is InChI=1S/C32H28N2O3/c35-31-26-3-1-2-25-28(33-16-18-37-19-17-33)15-14-27(30(25)26)32(36)34(31)29-20-23-9-8-21-4-6-22(7-5-21)10-12-24(29)13-11-23/h1-7,11,13-15,20H,8-10,12,16-19H2. The minimum absolute atomic E-state index is 0.240. The minimum Gasteiger partial charge on any atom is -0.378 e. The van der Waals surface area contributed by atoms with Gasteiger partial charge in [-0.3, -0.25) is 9.59 Å². The normalized spacial score (nSPS) is 17.3. The predicted molar refractivity (Wildman–Crippen MR) is 146 cm³/mol. The average Bonchev–Trinajstić information content (AvgIpc) is 2.94. The Labute approximate surface area is 216 Å². The fraction of sp³-hybridized carbons (Fsp3) is 0.250. The largest absolute Gasteiger partial charge is 0.378 e. The lowest BCUT2D eigenvalue weighted by atomic mass is 9.90. The highest BCUT2D eigenvalue weighted by atomic mass is 16.5. The molecule has 10 rings (SSSR count). The number of ether oxygens (including phenoxy) is 1. The second-order valence-electron chi connectivity index (χ2n) is 10.2. The van der Waals surface area contributed by atoms with Crippen molar-refractivity contribution < 1.29 is 14.3 Å². The summed E-state index contributed by atoms with van der Waals surface area (Å²) in [6.45, 7) is 2.95. The second kappa shape index (κ2) is 8.86. The molecule has 2 heterocycles.